The number of ketones is 2. The molecule has 0 amide bonds. The fourth-order valence-corrected chi connectivity index (χ4v) is 18.2. The van der Waals surface area contributed by atoms with E-state index < -0.39 is 174 Å². The number of carbonyl (C=O) groups is 2. The predicted molar refractivity (Wildman–Crippen MR) is 407 cm³/mol. The monoisotopic (exact) mass is 1810 g/mol. The van der Waals surface area contributed by atoms with Crippen molar-refractivity contribution in [2.75, 3.05) is 56.7 Å². The lowest BCUT2D eigenvalue weighted by molar-refractivity contribution is 0.101. The van der Waals surface area contributed by atoms with Crippen molar-refractivity contribution in [3.63, 3.8) is 0 Å². The number of carbonyl (C=O) groups excluding carboxylic acids is 2. The molecule has 26 nitrogen and oxygen atoms in total. The van der Waals surface area contributed by atoms with Crippen LogP contribution >= 0.6 is 58.6 Å². The molecule has 2 fully saturated rings. The van der Waals surface area contributed by atoms with Crippen molar-refractivity contribution >= 4 is 150 Å². The second kappa shape index (κ2) is 46.7. The van der Waals surface area contributed by atoms with Gasteiger partial charge in [0.25, 0.3) is 0 Å². The molecule has 5 aromatic carbocycles. The maximum atomic E-state index is 15.0. The summed E-state index contributed by atoms with van der Waals surface area (Å²) >= 11 is 4.50. The Morgan fingerprint density at radius 3 is 1.41 bits per heavy atom. The van der Waals surface area contributed by atoms with Crippen molar-refractivity contribution in [3.05, 3.63) is 159 Å². The van der Waals surface area contributed by atoms with Crippen LogP contribution in [0.3, 0.4) is 0 Å². The number of nitrogens with two attached hydrogens (primary N) is 3. The minimum atomic E-state index is -4.97. The van der Waals surface area contributed by atoms with Gasteiger partial charge in [-0.3, -0.25) is 18.0 Å². The Morgan fingerprint density at radius 1 is 0.522 bits per heavy atom. The molecule has 2 atom stereocenters. The lowest BCUT2D eigenvalue weighted by atomic mass is 9.86. The summed E-state index contributed by atoms with van der Waals surface area (Å²) in [4.78, 5) is 32.6. The predicted octanol–water partition coefficient (Wildman–Crippen LogP) is 12.1. The Hall–Kier alpha value is -6.19. The van der Waals surface area contributed by atoms with Gasteiger partial charge in [0.15, 0.2) is 99.7 Å². The number of Topliss-reactive ketones (excluding diaryl/α,β-unsaturated/α-hetero) is 2. The summed E-state index contributed by atoms with van der Waals surface area (Å²) in [7, 11) is -19.1. The van der Waals surface area contributed by atoms with E-state index in [0.29, 0.717) is 82.8 Å². The number of thioether (sulfide) groups is 4. The molecule has 0 radical (unpaired) electrons. The highest BCUT2D eigenvalue weighted by molar-refractivity contribution is 8.00. The van der Waals surface area contributed by atoms with Crippen LogP contribution in [0.4, 0.5) is 61.0 Å². The van der Waals surface area contributed by atoms with Gasteiger partial charge in [-0.1, -0.05) is 131 Å². The summed E-state index contributed by atoms with van der Waals surface area (Å²) in [5, 5.41) is 36.2. The Balaban J connectivity index is 0.000000255. The number of aliphatic hydroxyl groups is 2. The van der Waals surface area contributed by atoms with Crippen molar-refractivity contribution in [2.24, 2.45) is 21.3 Å². The highest BCUT2D eigenvalue weighted by atomic mass is 35.5. The second-order valence-corrected chi connectivity index (χ2v) is 36.5. The quantitative estimate of drug-likeness (QED) is 0.00564. The minimum absolute atomic E-state index is 0.0646. The lowest BCUT2D eigenvalue weighted by Crippen LogP contribution is -2.26. The number of hydrogen-bond acceptors (Lipinski definition) is 25. The summed E-state index contributed by atoms with van der Waals surface area (Å²) in [5.74, 6) is -18.8. The van der Waals surface area contributed by atoms with Crippen molar-refractivity contribution in [1.82, 2.24) is 19.9 Å². The first kappa shape index (κ1) is 97.4. The zero-order valence-electron chi connectivity index (χ0n) is 59.3. The maximum absolute atomic E-state index is 15.0. The Morgan fingerprint density at radius 2 is 0.947 bits per heavy atom. The molecule has 47 heteroatoms. The van der Waals surface area contributed by atoms with E-state index in [-0.39, 0.29) is 70.3 Å². The number of halogens is 11. The van der Waals surface area contributed by atoms with Crippen LogP contribution in [0.15, 0.2) is 119 Å². The molecule has 0 bridgehead atoms. The molecule has 113 heavy (non-hydrogen) atoms. The fraction of sp³-hybridized carbons (Fsp3) is 0.394. The zero-order valence-corrected chi connectivity index (χ0v) is 68.2. The van der Waals surface area contributed by atoms with E-state index in [4.69, 9.17) is 32.1 Å². The number of aliphatic hydroxyl groups excluding tert-OH is 2. The van der Waals surface area contributed by atoms with Crippen LogP contribution in [0.2, 0.25) is 5.02 Å². The largest absolute Gasteiger partial charge is 0.755 e. The lowest BCUT2D eigenvalue weighted by Gasteiger charge is -2.24. The van der Waals surface area contributed by atoms with Gasteiger partial charge in [-0.15, -0.1) is 23.5 Å². The first-order valence-corrected chi connectivity index (χ1v) is 46.2. The molecular formula is C66H75ClF10N10O16S10-2. The van der Waals surface area contributed by atoms with Gasteiger partial charge in [-0.2, -0.15) is 0 Å². The first-order valence-electron chi connectivity index (χ1n) is 33.5. The molecule has 9 rings (SSSR count). The summed E-state index contributed by atoms with van der Waals surface area (Å²) in [6, 6.07) is 13.8. The van der Waals surface area contributed by atoms with Crippen molar-refractivity contribution in [3.8, 4) is 0 Å². The zero-order chi connectivity index (χ0) is 84.1. The highest BCUT2D eigenvalue weighted by Gasteiger charge is 2.38. The molecule has 2 unspecified atom stereocenters. The van der Waals surface area contributed by atoms with Crippen molar-refractivity contribution < 1.29 is 115 Å². The normalized spacial score (nSPS) is 14.4. The molecule has 2 heterocycles. The molecule has 7 aromatic rings. The number of anilines is 3. The third kappa shape index (κ3) is 30.0. The average molecular weight is 1810 g/mol. The summed E-state index contributed by atoms with van der Waals surface area (Å²) < 4.78 is 281. The van der Waals surface area contributed by atoms with E-state index in [2.05, 4.69) is 39.8 Å². The average Bonchev–Trinajstić information content (AvgIpc) is 0.776. The van der Waals surface area contributed by atoms with Gasteiger partial charge in [0, 0.05) is 81.5 Å². The first-order chi connectivity index (χ1) is 53.2. The number of sulfonamides is 3. The molecule has 2 aliphatic rings. The standard InChI is InChI=1S/C17H24F3NO5S2.C16H23F3N2O3S2.C12H10ClN3O3S2.C12H11N3O3S2.C9H9F4NO2S2/c18-13-12(10-11-6-4-2-1-3-5-7-11)16(27(23,24)9-8-22)14(19)15(20)17(13)28(21,25)26;17-11-12(18)16(26(20,23)24)14(13(19)15(11)25-9-8-22)21-10-6-4-2-1-3-5-7-10;13-9-3-2-8(6-10(9)16-21(18)19)11(17)7-20-12-14-4-1-5-15-12;16-11(8-19-12-13-5-2-6-14-12)9-3-1-4-10(7-9)15-20(17)18;1-2-3-17-8-4(10)6(12)9(18(14,15)16)7(13)5(8)11/h11,22H,1-10H2,(H2,21,25,26);10,21-22H,1-9H2,(H2,20,23,24);1-6,16H,7H2,(H,18,19);1-7,15H,8H2,(H,17,18);2-3H2,1H3,(H2,14,15,16)/p-2. The molecule has 0 aliphatic heterocycles. The molecule has 2 aliphatic carbocycles. The second-order valence-electron chi connectivity index (χ2n) is 24.1. The van der Waals surface area contributed by atoms with E-state index in [0.717, 1.165) is 64.2 Å². The van der Waals surface area contributed by atoms with E-state index in [1.165, 1.54) is 47.8 Å². The molecule has 0 spiro atoms. The van der Waals surface area contributed by atoms with E-state index in [1.54, 1.807) is 62.0 Å². The van der Waals surface area contributed by atoms with Gasteiger partial charge in [0.2, 0.25) is 30.1 Å². The van der Waals surface area contributed by atoms with Gasteiger partial charge in [0.1, 0.15) is 9.79 Å². The fourth-order valence-electron chi connectivity index (χ4n) is 10.8. The third-order valence-corrected chi connectivity index (χ3v) is 25.6. The van der Waals surface area contributed by atoms with Crippen molar-refractivity contribution in [2.45, 2.75) is 155 Å². The maximum Gasteiger partial charge on any atom is 0.244 e. The number of aromatic nitrogens is 4. The van der Waals surface area contributed by atoms with Crippen LogP contribution in [0.5, 0.6) is 0 Å². The summed E-state index contributed by atoms with van der Waals surface area (Å²) in [6.45, 7) is 0.451. The van der Waals surface area contributed by atoms with Gasteiger partial charge in [0.05, 0.1) is 56.7 Å². The molecule has 2 saturated carbocycles. The molecule has 2 aromatic heterocycles. The minimum Gasteiger partial charge on any atom is -0.755 e. The number of benzene rings is 5. The number of primary sulfonamides is 3. The van der Waals surface area contributed by atoms with E-state index in [1.807, 2.05) is 0 Å². The number of rotatable bonds is 28. The van der Waals surface area contributed by atoms with E-state index in [9.17, 15) is 105 Å². The third-order valence-electron chi connectivity index (χ3n) is 15.9. The van der Waals surface area contributed by atoms with Crippen molar-refractivity contribution in [1.29, 1.82) is 0 Å². The van der Waals surface area contributed by atoms with Crippen LogP contribution in [0.25, 0.3) is 0 Å². The van der Waals surface area contributed by atoms with Gasteiger partial charge < -0.3 is 34.1 Å². The number of sulfone groups is 1. The smallest absolute Gasteiger partial charge is 0.244 e. The number of nitrogens with zero attached hydrogens (tertiary/aromatic N) is 4. The number of hydrogen-bond donors (Lipinski definition) is 8. The molecular weight excluding hydrogens is 1730 g/mol. The van der Waals surface area contributed by atoms with Crippen LogP contribution < -0.4 is 30.2 Å². The van der Waals surface area contributed by atoms with Gasteiger partial charge in [-0.05, 0) is 79.8 Å². The summed E-state index contributed by atoms with van der Waals surface area (Å²) in [5.41, 5.74) is -0.0408. The highest BCUT2D eigenvalue weighted by Crippen LogP contribution is 2.40. The SMILES string of the molecule is CCCSc1c(F)c(F)c(S(N)(=O)=O)c(F)c1F.NS(=O)(=O)c1c(F)c(F)c(S(=O)(=O)CCO)c(CC2CCCCCCC2)c1F.NS(=O)(=O)c1c(F)c(F)c(SCCO)c(F)c1NC1CCCCCCC1.O=C(CSc1ncccn1)c1ccc(Cl)c(NS(=O)[O-])c1.O=C(CSc1ncccn1)c1cccc(NS(=O)[O-])c1. The Bertz CT molecular complexity index is 4920. The van der Waals surface area contributed by atoms with Gasteiger partial charge >= 0.3 is 0 Å². The van der Waals surface area contributed by atoms with E-state index >= 15 is 0 Å². The molecule has 0 saturated heterocycles. The number of nitrogens with one attached hydrogen (secondary N) is 3. The molecule has 11 N–H and O–H groups in total. The van der Waals surface area contributed by atoms with Crippen LogP contribution in [0.1, 0.15) is 130 Å². The van der Waals surface area contributed by atoms with Crippen LogP contribution in [0, 0.1) is 64.1 Å². The summed E-state index contributed by atoms with van der Waals surface area (Å²) in [6.07, 6.45) is 18.7. The van der Waals surface area contributed by atoms with Gasteiger partial charge in [-0.25, -0.2) is 113 Å². The van der Waals surface area contributed by atoms with Crippen LogP contribution in [-0.4, -0.2) is 141 Å². The Kier molecular flexibility index (Phi) is 40.2. The molecule has 624 valence electrons. The topological polar surface area (TPSA) is 457 Å². The van der Waals surface area contributed by atoms with Crippen LogP contribution in [-0.2, 0) is 68.9 Å². The Labute approximate surface area is 672 Å².